The minimum atomic E-state index is -3.43. The smallest absolute Gasteiger partial charge is 0.281 e. The van der Waals surface area contributed by atoms with Gasteiger partial charge in [-0.25, -0.2) is 8.42 Å². The zero-order valence-electron chi connectivity index (χ0n) is 12.4. The zero-order valence-corrected chi connectivity index (χ0v) is 14.0. The standard InChI is InChI=1S/C12H20N4O4S2/c1-21(17,18)11-8-13-14-12(11)10-4-7-16(9-10)22(19,20)15-5-2-3-6-15/h8,10H,2-7,9H2,1H3,(H,13,14)/t10-/m1/s1. The minimum Gasteiger partial charge on any atom is -0.281 e. The van der Waals surface area contributed by atoms with E-state index in [1.807, 2.05) is 0 Å². The predicted molar refractivity (Wildman–Crippen MR) is 80.4 cm³/mol. The second kappa shape index (κ2) is 5.59. The number of H-pyrrole nitrogens is 1. The Morgan fingerprint density at radius 1 is 1.14 bits per heavy atom. The molecular formula is C12H20N4O4S2. The molecule has 8 nitrogen and oxygen atoms in total. The second-order valence-electron chi connectivity index (χ2n) is 5.88. The Kier molecular flexibility index (Phi) is 4.04. The van der Waals surface area contributed by atoms with Crippen molar-refractivity contribution in [1.29, 1.82) is 0 Å². The fourth-order valence-electron chi connectivity index (χ4n) is 3.13. The maximum absolute atomic E-state index is 12.5. The monoisotopic (exact) mass is 348 g/mol. The molecule has 0 aliphatic carbocycles. The Hall–Kier alpha value is -0.970. The lowest BCUT2D eigenvalue weighted by molar-refractivity contribution is 0.395. The molecule has 124 valence electrons. The van der Waals surface area contributed by atoms with Gasteiger partial charge in [-0.1, -0.05) is 0 Å². The zero-order chi connectivity index (χ0) is 16.0. The van der Waals surface area contributed by atoms with Gasteiger partial charge in [0.25, 0.3) is 10.2 Å². The maximum Gasteiger partial charge on any atom is 0.281 e. The van der Waals surface area contributed by atoms with Gasteiger partial charge in [0.15, 0.2) is 9.84 Å². The molecule has 2 fully saturated rings. The van der Waals surface area contributed by atoms with Crippen molar-refractivity contribution in [3.05, 3.63) is 11.9 Å². The van der Waals surface area contributed by atoms with Crippen LogP contribution in [0.5, 0.6) is 0 Å². The number of hydrogen-bond acceptors (Lipinski definition) is 5. The summed E-state index contributed by atoms with van der Waals surface area (Å²) >= 11 is 0. The van der Waals surface area contributed by atoms with Crippen molar-refractivity contribution in [2.45, 2.75) is 30.1 Å². The van der Waals surface area contributed by atoms with Gasteiger partial charge in [-0.05, 0) is 19.3 Å². The van der Waals surface area contributed by atoms with Gasteiger partial charge in [0.2, 0.25) is 0 Å². The highest BCUT2D eigenvalue weighted by molar-refractivity contribution is 7.90. The van der Waals surface area contributed by atoms with Crippen LogP contribution in [-0.4, -0.2) is 68.1 Å². The average Bonchev–Trinajstić information content (AvgIpc) is 3.18. The van der Waals surface area contributed by atoms with Gasteiger partial charge in [-0.15, -0.1) is 0 Å². The van der Waals surface area contributed by atoms with Crippen LogP contribution in [0.1, 0.15) is 30.9 Å². The summed E-state index contributed by atoms with van der Waals surface area (Å²) in [7, 11) is -6.80. The minimum absolute atomic E-state index is 0.162. The van der Waals surface area contributed by atoms with Crippen molar-refractivity contribution in [2.75, 3.05) is 32.4 Å². The molecule has 1 aromatic heterocycles. The number of sulfone groups is 1. The van der Waals surface area contributed by atoms with Gasteiger partial charge in [0.05, 0.1) is 11.9 Å². The second-order valence-corrected chi connectivity index (χ2v) is 9.79. The van der Waals surface area contributed by atoms with Crippen molar-refractivity contribution in [3.8, 4) is 0 Å². The highest BCUT2D eigenvalue weighted by atomic mass is 32.2. The summed E-state index contributed by atoms with van der Waals surface area (Å²) in [4.78, 5) is 0.165. The molecule has 10 heteroatoms. The first-order valence-corrected chi connectivity index (χ1v) is 10.6. The fourth-order valence-corrected chi connectivity index (χ4v) is 5.74. The van der Waals surface area contributed by atoms with E-state index in [-0.39, 0.29) is 10.8 Å². The average molecular weight is 348 g/mol. The summed E-state index contributed by atoms with van der Waals surface area (Å²) in [5.41, 5.74) is 0.515. The number of rotatable bonds is 4. The van der Waals surface area contributed by atoms with E-state index in [0.29, 0.717) is 38.3 Å². The molecule has 2 saturated heterocycles. The molecule has 0 amide bonds. The molecule has 2 aliphatic heterocycles. The summed E-state index contributed by atoms with van der Waals surface area (Å²) in [6.45, 7) is 1.85. The van der Waals surface area contributed by atoms with E-state index in [1.54, 1.807) is 0 Å². The van der Waals surface area contributed by atoms with E-state index in [4.69, 9.17) is 0 Å². The van der Waals surface area contributed by atoms with Gasteiger partial charge in [0, 0.05) is 38.4 Å². The molecule has 0 aromatic carbocycles. The molecule has 0 spiro atoms. The van der Waals surface area contributed by atoms with Crippen LogP contribution in [0.3, 0.4) is 0 Å². The van der Waals surface area contributed by atoms with Crippen LogP contribution in [0.25, 0.3) is 0 Å². The largest absolute Gasteiger partial charge is 0.281 e. The Balaban J connectivity index is 1.80. The molecule has 1 atom stereocenters. The first kappa shape index (κ1) is 15.9. The van der Waals surface area contributed by atoms with Crippen molar-refractivity contribution >= 4 is 20.0 Å². The molecule has 0 radical (unpaired) electrons. The van der Waals surface area contributed by atoms with Crippen LogP contribution in [0.15, 0.2) is 11.1 Å². The third kappa shape index (κ3) is 2.80. The molecule has 0 saturated carbocycles. The van der Waals surface area contributed by atoms with Crippen molar-refractivity contribution in [2.24, 2.45) is 0 Å². The summed E-state index contributed by atoms with van der Waals surface area (Å²) in [5, 5.41) is 6.55. The molecule has 3 heterocycles. The van der Waals surface area contributed by atoms with E-state index in [9.17, 15) is 16.8 Å². The third-order valence-electron chi connectivity index (χ3n) is 4.31. The Morgan fingerprint density at radius 2 is 1.82 bits per heavy atom. The van der Waals surface area contributed by atoms with Crippen LogP contribution in [0, 0.1) is 0 Å². The highest BCUT2D eigenvalue weighted by Crippen LogP contribution is 2.32. The first-order valence-electron chi connectivity index (χ1n) is 7.28. The molecule has 0 unspecified atom stereocenters. The lowest BCUT2D eigenvalue weighted by atomic mass is 10.1. The summed E-state index contributed by atoms with van der Waals surface area (Å²) in [6.07, 6.45) is 4.82. The van der Waals surface area contributed by atoms with Crippen LogP contribution < -0.4 is 0 Å². The topological polar surface area (TPSA) is 103 Å². The molecule has 1 aromatic rings. The number of nitrogens with zero attached hydrogens (tertiary/aromatic N) is 3. The Labute approximate surface area is 130 Å². The lowest BCUT2D eigenvalue weighted by Crippen LogP contribution is -2.41. The number of aromatic nitrogens is 2. The van der Waals surface area contributed by atoms with Gasteiger partial charge in [0.1, 0.15) is 4.90 Å². The molecule has 3 rings (SSSR count). The Bertz CT molecular complexity index is 750. The van der Waals surface area contributed by atoms with Crippen molar-refractivity contribution < 1.29 is 16.8 Å². The van der Waals surface area contributed by atoms with Crippen LogP contribution in [-0.2, 0) is 20.0 Å². The van der Waals surface area contributed by atoms with E-state index < -0.39 is 20.0 Å². The molecule has 1 N–H and O–H groups in total. The van der Waals surface area contributed by atoms with Gasteiger partial charge in [-0.3, -0.25) is 5.10 Å². The Morgan fingerprint density at radius 3 is 2.45 bits per heavy atom. The normalized spacial score (nSPS) is 25.0. The van der Waals surface area contributed by atoms with Crippen LogP contribution in [0.4, 0.5) is 0 Å². The number of aromatic amines is 1. The van der Waals surface area contributed by atoms with Gasteiger partial charge < -0.3 is 0 Å². The maximum atomic E-state index is 12.5. The predicted octanol–water partition coefficient (Wildman–Crippen LogP) is -0.0569. The molecule has 0 bridgehead atoms. The SMILES string of the molecule is CS(=O)(=O)c1cn[nH]c1[C@@H]1CCN(S(=O)(=O)N2CCCC2)C1. The van der Waals surface area contributed by atoms with Gasteiger partial charge in [-0.2, -0.15) is 22.1 Å². The first-order chi connectivity index (χ1) is 10.3. The van der Waals surface area contributed by atoms with Crippen LogP contribution in [0.2, 0.25) is 0 Å². The number of hydrogen-bond donors (Lipinski definition) is 1. The molecular weight excluding hydrogens is 328 g/mol. The highest BCUT2D eigenvalue weighted by Gasteiger charge is 2.38. The fraction of sp³-hybridized carbons (Fsp3) is 0.750. The summed E-state index contributed by atoms with van der Waals surface area (Å²) in [5.74, 6) is -0.162. The van der Waals surface area contributed by atoms with Crippen molar-refractivity contribution in [3.63, 3.8) is 0 Å². The van der Waals surface area contributed by atoms with E-state index in [0.717, 1.165) is 19.1 Å². The van der Waals surface area contributed by atoms with E-state index in [1.165, 1.54) is 14.8 Å². The molecule has 2 aliphatic rings. The molecule has 22 heavy (non-hydrogen) atoms. The van der Waals surface area contributed by atoms with Gasteiger partial charge >= 0.3 is 0 Å². The van der Waals surface area contributed by atoms with Crippen molar-refractivity contribution in [1.82, 2.24) is 18.8 Å². The number of nitrogens with one attached hydrogen (secondary N) is 1. The summed E-state index contributed by atoms with van der Waals surface area (Å²) < 4.78 is 51.6. The van der Waals surface area contributed by atoms with E-state index in [2.05, 4.69) is 10.2 Å². The summed E-state index contributed by atoms with van der Waals surface area (Å²) in [6, 6.07) is 0. The lowest BCUT2D eigenvalue weighted by Gasteiger charge is -2.23. The third-order valence-corrected chi connectivity index (χ3v) is 7.43. The quantitative estimate of drug-likeness (QED) is 0.821. The van der Waals surface area contributed by atoms with Crippen LogP contribution >= 0.6 is 0 Å². The van der Waals surface area contributed by atoms with E-state index >= 15 is 0 Å².